The van der Waals surface area contributed by atoms with Crippen LogP contribution in [0.3, 0.4) is 0 Å². The average molecular weight is 205 g/mol. The highest BCUT2D eigenvalue weighted by atomic mass is 32.2. The van der Waals surface area contributed by atoms with Gasteiger partial charge in [0.05, 0.1) is 11.5 Å². The van der Waals surface area contributed by atoms with Crippen LogP contribution in [0.5, 0.6) is 0 Å². The van der Waals surface area contributed by atoms with Gasteiger partial charge in [-0.15, -0.1) is 0 Å². The molecule has 13 heavy (non-hydrogen) atoms. The van der Waals surface area contributed by atoms with Crippen molar-refractivity contribution in [1.82, 2.24) is 5.32 Å². The molecule has 0 radical (unpaired) electrons. The molecule has 2 fully saturated rings. The van der Waals surface area contributed by atoms with Crippen LogP contribution in [0.15, 0.2) is 0 Å². The van der Waals surface area contributed by atoms with Gasteiger partial charge in [0.2, 0.25) is 0 Å². The van der Waals surface area contributed by atoms with Crippen molar-refractivity contribution in [1.29, 1.82) is 0 Å². The van der Waals surface area contributed by atoms with Gasteiger partial charge in [0.1, 0.15) is 0 Å². The van der Waals surface area contributed by atoms with E-state index in [1.165, 1.54) is 0 Å². The topological polar surface area (TPSA) is 66.4 Å². The van der Waals surface area contributed by atoms with Crippen LogP contribution in [0.4, 0.5) is 0 Å². The Morgan fingerprint density at radius 3 is 2.69 bits per heavy atom. The van der Waals surface area contributed by atoms with E-state index in [-0.39, 0.29) is 18.4 Å². The maximum absolute atomic E-state index is 11.1. The third-order valence-electron chi connectivity index (χ3n) is 2.84. The fraction of sp³-hybridized carbons (Fsp3) is 1.00. The van der Waals surface area contributed by atoms with Crippen LogP contribution < -0.4 is 5.32 Å². The monoisotopic (exact) mass is 205 g/mol. The Morgan fingerprint density at radius 2 is 2.23 bits per heavy atom. The van der Waals surface area contributed by atoms with E-state index >= 15 is 0 Å². The third-order valence-corrected chi connectivity index (χ3v) is 4.61. The molecular formula is C8H15NO3S. The average Bonchev–Trinajstić information content (AvgIpc) is 2.70. The lowest BCUT2D eigenvalue weighted by Crippen LogP contribution is -2.33. The van der Waals surface area contributed by atoms with Crippen molar-refractivity contribution in [2.75, 3.05) is 18.1 Å². The molecule has 4 nitrogen and oxygen atoms in total. The van der Waals surface area contributed by atoms with Crippen LogP contribution in [0, 0.1) is 5.92 Å². The van der Waals surface area contributed by atoms with Gasteiger partial charge in [-0.25, -0.2) is 8.42 Å². The Hall–Kier alpha value is -0.130. The second-order valence-electron chi connectivity index (χ2n) is 4.05. The molecule has 1 saturated carbocycles. The van der Waals surface area contributed by atoms with E-state index in [2.05, 4.69) is 5.32 Å². The van der Waals surface area contributed by atoms with E-state index < -0.39 is 9.84 Å². The van der Waals surface area contributed by atoms with Crippen LogP contribution in [-0.2, 0) is 9.84 Å². The Bertz CT molecular complexity index is 288. The minimum atomic E-state index is -2.76. The molecular weight excluding hydrogens is 190 g/mol. The van der Waals surface area contributed by atoms with Crippen LogP contribution >= 0.6 is 0 Å². The van der Waals surface area contributed by atoms with Crippen LogP contribution in [-0.4, -0.2) is 43.7 Å². The lowest BCUT2D eigenvalue weighted by molar-refractivity contribution is 0.269. The Kier molecular flexibility index (Phi) is 2.33. The second kappa shape index (κ2) is 3.22. The molecule has 0 spiro atoms. The zero-order valence-electron chi connectivity index (χ0n) is 7.44. The van der Waals surface area contributed by atoms with Crippen molar-refractivity contribution in [2.24, 2.45) is 5.92 Å². The predicted molar refractivity (Wildman–Crippen MR) is 49.2 cm³/mol. The molecule has 2 N–H and O–H groups in total. The number of aliphatic hydroxyl groups excluding tert-OH is 1. The van der Waals surface area contributed by atoms with E-state index in [1.54, 1.807) is 0 Å². The summed E-state index contributed by atoms with van der Waals surface area (Å²) in [6.07, 6.45) is 1.73. The molecule has 5 heteroatoms. The minimum Gasteiger partial charge on any atom is -0.396 e. The van der Waals surface area contributed by atoms with Gasteiger partial charge in [-0.05, 0) is 18.8 Å². The first-order valence-corrected chi connectivity index (χ1v) is 6.50. The molecule has 1 aliphatic carbocycles. The molecule has 3 unspecified atom stereocenters. The normalized spacial score (nSPS) is 42.1. The number of hydrogen-bond acceptors (Lipinski definition) is 4. The zero-order chi connectivity index (χ0) is 9.47. The van der Waals surface area contributed by atoms with Gasteiger partial charge >= 0.3 is 0 Å². The maximum Gasteiger partial charge on any atom is 0.151 e. The smallest absolute Gasteiger partial charge is 0.151 e. The van der Waals surface area contributed by atoms with E-state index in [0.29, 0.717) is 17.7 Å². The molecule has 76 valence electrons. The molecule has 1 saturated heterocycles. The summed E-state index contributed by atoms with van der Waals surface area (Å²) >= 11 is 0. The van der Waals surface area contributed by atoms with Crippen molar-refractivity contribution in [2.45, 2.75) is 24.9 Å². The molecule has 0 aromatic heterocycles. The van der Waals surface area contributed by atoms with Crippen molar-refractivity contribution in [3.8, 4) is 0 Å². The van der Waals surface area contributed by atoms with E-state index in [4.69, 9.17) is 5.11 Å². The fourth-order valence-electron chi connectivity index (χ4n) is 1.88. The summed E-state index contributed by atoms with van der Waals surface area (Å²) in [6.45, 7) is 0.219. The molecule has 2 aliphatic rings. The van der Waals surface area contributed by atoms with Crippen molar-refractivity contribution >= 4 is 9.84 Å². The highest BCUT2D eigenvalue weighted by Gasteiger charge is 2.39. The summed E-state index contributed by atoms with van der Waals surface area (Å²) in [5.41, 5.74) is 0. The fourth-order valence-corrected chi connectivity index (χ4v) is 3.57. The standard InChI is InChI=1S/C8H15NO3S/c10-4-6-3-8(6)9-7-1-2-13(11,12)5-7/h6-10H,1-5H2. The van der Waals surface area contributed by atoms with Crippen molar-refractivity contribution in [3.63, 3.8) is 0 Å². The molecule has 0 aromatic rings. The second-order valence-corrected chi connectivity index (χ2v) is 6.28. The lowest BCUT2D eigenvalue weighted by atomic mass is 10.2. The molecule has 0 bridgehead atoms. The van der Waals surface area contributed by atoms with E-state index in [0.717, 1.165) is 12.8 Å². The van der Waals surface area contributed by atoms with Crippen molar-refractivity contribution in [3.05, 3.63) is 0 Å². The lowest BCUT2D eigenvalue weighted by Gasteiger charge is -2.09. The largest absolute Gasteiger partial charge is 0.396 e. The van der Waals surface area contributed by atoms with Crippen LogP contribution in [0.2, 0.25) is 0 Å². The quantitative estimate of drug-likeness (QED) is 0.629. The summed E-state index contributed by atoms with van der Waals surface area (Å²) in [5.74, 6) is 0.964. The number of nitrogens with one attached hydrogen (secondary N) is 1. The first-order chi connectivity index (χ1) is 6.11. The number of sulfone groups is 1. The molecule has 0 amide bonds. The summed E-state index contributed by atoms with van der Waals surface area (Å²) < 4.78 is 22.2. The van der Waals surface area contributed by atoms with Gasteiger partial charge in [0.25, 0.3) is 0 Å². The Balaban J connectivity index is 1.79. The molecule has 0 aromatic carbocycles. The number of aliphatic hydroxyl groups is 1. The van der Waals surface area contributed by atoms with Crippen LogP contribution in [0.25, 0.3) is 0 Å². The Labute approximate surface area is 78.3 Å². The third kappa shape index (κ3) is 2.21. The first kappa shape index (κ1) is 9.43. The summed E-state index contributed by atoms with van der Waals surface area (Å²) in [5, 5.41) is 12.1. The SMILES string of the molecule is O=S1(=O)CCC(NC2CC2CO)C1. The molecule has 2 rings (SSSR count). The van der Waals surface area contributed by atoms with E-state index in [9.17, 15) is 8.42 Å². The molecule has 3 atom stereocenters. The van der Waals surface area contributed by atoms with Crippen LogP contribution in [0.1, 0.15) is 12.8 Å². The highest BCUT2D eigenvalue weighted by Crippen LogP contribution is 2.30. The number of hydrogen-bond donors (Lipinski definition) is 2. The summed E-state index contributed by atoms with van der Waals surface area (Å²) in [4.78, 5) is 0. The molecule has 1 aliphatic heterocycles. The molecule has 1 heterocycles. The predicted octanol–water partition coefficient (Wildman–Crippen LogP) is -0.856. The van der Waals surface area contributed by atoms with Gasteiger partial charge in [-0.3, -0.25) is 0 Å². The van der Waals surface area contributed by atoms with Gasteiger partial charge in [0, 0.05) is 18.7 Å². The summed E-state index contributed by atoms with van der Waals surface area (Å²) in [6, 6.07) is 0.495. The number of rotatable bonds is 3. The van der Waals surface area contributed by atoms with Gasteiger partial charge in [-0.2, -0.15) is 0 Å². The minimum absolute atomic E-state index is 0.131. The Morgan fingerprint density at radius 1 is 1.46 bits per heavy atom. The van der Waals surface area contributed by atoms with E-state index in [1.807, 2.05) is 0 Å². The highest BCUT2D eigenvalue weighted by molar-refractivity contribution is 7.91. The first-order valence-electron chi connectivity index (χ1n) is 4.68. The van der Waals surface area contributed by atoms with Gasteiger partial charge in [-0.1, -0.05) is 0 Å². The van der Waals surface area contributed by atoms with Gasteiger partial charge < -0.3 is 10.4 Å². The van der Waals surface area contributed by atoms with Crippen molar-refractivity contribution < 1.29 is 13.5 Å². The zero-order valence-corrected chi connectivity index (χ0v) is 8.26. The van der Waals surface area contributed by atoms with Gasteiger partial charge in [0.15, 0.2) is 9.84 Å². The maximum atomic E-state index is 11.1. The summed E-state index contributed by atoms with van der Waals surface area (Å²) in [7, 11) is -2.76.